The predicted octanol–water partition coefficient (Wildman–Crippen LogP) is 2.60. The molecule has 0 aliphatic carbocycles. The molecule has 0 unspecified atom stereocenters. The second-order valence-corrected chi connectivity index (χ2v) is 8.58. The molecule has 96 valence electrons. The highest BCUT2D eigenvalue weighted by Crippen LogP contribution is 2.64. The second kappa shape index (κ2) is 7.21. The Labute approximate surface area is 102 Å². The first-order valence-corrected chi connectivity index (χ1v) is 7.74. The molecule has 4 nitrogen and oxygen atoms in total. The van der Waals surface area contributed by atoms with Crippen LogP contribution in [0.3, 0.4) is 0 Å². The lowest BCUT2D eigenvalue weighted by molar-refractivity contribution is 0.488. The molecule has 0 amide bonds. The minimum absolute atomic E-state index is 1.16. The standard InChI is InChI=1S/C11H28N4P/c1-7-8-9-10-16(13(2)3,14(4)5)15(6)11-12/h11-12H,7-10H2,1-6H3/q+1. The maximum Gasteiger partial charge on any atom is 0.249 e. The quantitative estimate of drug-likeness (QED) is 0.310. The molecule has 1 N–H and O–H groups in total. The van der Waals surface area contributed by atoms with E-state index in [4.69, 9.17) is 5.41 Å². The van der Waals surface area contributed by atoms with E-state index in [0.717, 1.165) is 6.16 Å². The summed E-state index contributed by atoms with van der Waals surface area (Å²) in [6, 6.07) is 0. The first-order chi connectivity index (χ1) is 7.43. The van der Waals surface area contributed by atoms with Crippen LogP contribution in [0.15, 0.2) is 0 Å². The Balaban J connectivity index is 4.87. The number of nitrogens with one attached hydrogen (secondary N) is 1. The van der Waals surface area contributed by atoms with Crippen molar-refractivity contribution in [1.82, 2.24) is 14.0 Å². The van der Waals surface area contributed by atoms with Gasteiger partial charge in [-0.05, 0) is 12.8 Å². The summed E-state index contributed by atoms with van der Waals surface area (Å²) in [7, 11) is 9.02. The average Bonchev–Trinajstić information content (AvgIpc) is 2.22. The van der Waals surface area contributed by atoms with Crippen LogP contribution < -0.4 is 0 Å². The highest BCUT2D eigenvalue weighted by Gasteiger charge is 2.47. The normalized spacial score (nSPS) is 12.2. The van der Waals surface area contributed by atoms with Crippen LogP contribution in [-0.4, -0.2) is 61.8 Å². The van der Waals surface area contributed by atoms with E-state index < -0.39 is 7.71 Å². The first-order valence-electron chi connectivity index (χ1n) is 5.91. The van der Waals surface area contributed by atoms with E-state index in [2.05, 4.69) is 49.1 Å². The van der Waals surface area contributed by atoms with Gasteiger partial charge in [0.15, 0.2) is 0 Å². The van der Waals surface area contributed by atoms with E-state index in [1.807, 2.05) is 7.05 Å². The Morgan fingerprint density at radius 2 is 1.50 bits per heavy atom. The topological polar surface area (TPSA) is 33.6 Å². The van der Waals surface area contributed by atoms with Crippen molar-refractivity contribution in [2.75, 3.05) is 41.4 Å². The van der Waals surface area contributed by atoms with Crippen LogP contribution in [0.4, 0.5) is 0 Å². The molecule has 0 fully saturated rings. The van der Waals surface area contributed by atoms with E-state index in [1.165, 1.54) is 25.6 Å². The molecule has 0 aromatic rings. The van der Waals surface area contributed by atoms with Crippen LogP contribution in [-0.2, 0) is 0 Å². The largest absolute Gasteiger partial charge is 0.288 e. The highest BCUT2D eigenvalue weighted by atomic mass is 31.2. The summed E-state index contributed by atoms with van der Waals surface area (Å²) < 4.78 is 6.68. The molecule has 0 aromatic carbocycles. The monoisotopic (exact) mass is 247 g/mol. The van der Waals surface area contributed by atoms with Gasteiger partial charge in [0, 0.05) is 35.2 Å². The van der Waals surface area contributed by atoms with E-state index in [-0.39, 0.29) is 0 Å². The molecule has 0 radical (unpaired) electrons. The molecule has 0 aromatic heterocycles. The van der Waals surface area contributed by atoms with Gasteiger partial charge in [-0.1, -0.05) is 13.3 Å². The van der Waals surface area contributed by atoms with Crippen LogP contribution in [0.2, 0.25) is 0 Å². The Morgan fingerprint density at radius 1 is 1.00 bits per heavy atom. The summed E-state index contributed by atoms with van der Waals surface area (Å²) in [5.74, 6) is 0. The summed E-state index contributed by atoms with van der Waals surface area (Å²) in [6.45, 7) is 2.23. The summed E-state index contributed by atoms with van der Waals surface area (Å²) in [5.41, 5.74) is 0. The molecule has 0 aliphatic heterocycles. The zero-order chi connectivity index (χ0) is 12.8. The SMILES string of the molecule is CCCCC[P+](N(C)C)(N(C)C)N(C)C=N. The molecule has 0 bridgehead atoms. The van der Waals surface area contributed by atoms with Gasteiger partial charge in [-0.3, -0.25) is 5.41 Å². The fourth-order valence-electron chi connectivity index (χ4n) is 2.15. The fraction of sp³-hybridized carbons (Fsp3) is 0.909. The van der Waals surface area contributed by atoms with Gasteiger partial charge in [-0.25, -0.2) is 4.67 Å². The van der Waals surface area contributed by atoms with Crippen LogP contribution >= 0.6 is 7.71 Å². The van der Waals surface area contributed by atoms with Crippen molar-refractivity contribution in [3.63, 3.8) is 0 Å². The van der Waals surface area contributed by atoms with Crippen LogP contribution in [0.25, 0.3) is 0 Å². The minimum atomic E-state index is -1.50. The zero-order valence-electron chi connectivity index (χ0n) is 11.7. The molecule has 0 heterocycles. The smallest absolute Gasteiger partial charge is 0.249 e. The third kappa shape index (κ3) is 3.41. The van der Waals surface area contributed by atoms with Crippen LogP contribution in [0, 0.1) is 5.41 Å². The number of unbranched alkanes of at least 4 members (excludes halogenated alkanes) is 2. The van der Waals surface area contributed by atoms with Gasteiger partial charge in [0.1, 0.15) is 12.5 Å². The maximum atomic E-state index is 7.51. The van der Waals surface area contributed by atoms with Crippen molar-refractivity contribution < 1.29 is 0 Å². The van der Waals surface area contributed by atoms with Gasteiger partial charge in [-0.15, -0.1) is 0 Å². The number of rotatable bonds is 8. The molecule has 0 atom stereocenters. The molecular weight excluding hydrogens is 219 g/mol. The van der Waals surface area contributed by atoms with Gasteiger partial charge < -0.3 is 0 Å². The lowest BCUT2D eigenvalue weighted by Crippen LogP contribution is -2.39. The third-order valence-electron chi connectivity index (χ3n) is 3.03. The van der Waals surface area contributed by atoms with Crippen LogP contribution in [0.5, 0.6) is 0 Å². The predicted molar refractivity (Wildman–Crippen MR) is 75.2 cm³/mol. The third-order valence-corrected chi connectivity index (χ3v) is 7.64. The fourth-order valence-corrected chi connectivity index (χ4v) is 5.94. The van der Waals surface area contributed by atoms with Crippen molar-refractivity contribution in [3.05, 3.63) is 0 Å². The molecular formula is C11H28N4P+. The molecule has 0 aliphatic rings. The molecule has 0 saturated carbocycles. The molecule has 0 saturated heterocycles. The van der Waals surface area contributed by atoms with Gasteiger partial charge >= 0.3 is 0 Å². The Bertz CT molecular complexity index is 198. The summed E-state index contributed by atoms with van der Waals surface area (Å²) >= 11 is 0. The lowest BCUT2D eigenvalue weighted by Gasteiger charge is -2.40. The van der Waals surface area contributed by atoms with Crippen molar-refractivity contribution in [1.29, 1.82) is 5.41 Å². The average molecular weight is 247 g/mol. The molecule has 0 spiro atoms. The van der Waals surface area contributed by atoms with Crippen molar-refractivity contribution in [2.45, 2.75) is 26.2 Å². The van der Waals surface area contributed by atoms with E-state index in [1.54, 1.807) is 0 Å². The summed E-state index contributed by atoms with van der Waals surface area (Å²) in [6.07, 6.45) is 6.37. The van der Waals surface area contributed by atoms with Crippen LogP contribution in [0.1, 0.15) is 26.2 Å². The number of hydrogen-bond donors (Lipinski definition) is 1. The van der Waals surface area contributed by atoms with E-state index in [9.17, 15) is 0 Å². The number of nitrogens with zero attached hydrogens (tertiary/aromatic N) is 3. The Morgan fingerprint density at radius 3 is 1.81 bits per heavy atom. The highest BCUT2D eigenvalue weighted by molar-refractivity contribution is 7.69. The van der Waals surface area contributed by atoms with E-state index in [0.29, 0.717) is 0 Å². The minimum Gasteiger partial charge on any atom is -0.288 e. The van der Waals surface area contributed by atoms with Crippen molar-refractivity contribution in [2.24, 2.45) is 0 Å². The van der Waals surface area contributed by atoms with Gasteiger partial charge in [-0.2, -0.15) is 9.34 Å². The van der Waals surface area contributed by atoms with Gasteiger partial charge in [0.05, 0.1) is 0 Å². The summed E-state index contributed by atoms with van der Waals surface area (Å²) in [4.78, 5) is 0. The Kier molecular flexibility index (Phi) is 7.12. The number of hydrogen-bond acceptors (Lipinski definition) is 3. The summed E-state index contributed by atoms with van der Waals surface area (Å²) in [5, 5.41) is 7.51. The molecule has 0 rings (SSSR count). The Hall–Kier alpha value is -0.180. The van der Waals surface area contributed by atoms with Gasteiger partial charge in [0.25, 0.3) is 0 Å². The first kappa shape index (κ1) is 15.8. The van der Waals surface area contributed by atoms with Crippen molar-refractivity contribution >= 4 is 14.1 Å². The zero-order valence-corrected chi connectivity index (χ0v) is 12.6. The molecule has 5 heteroatoms. The van der Waals surface area contributed by atoms with Crippen molar-refractivity contribution in [3.8, 4) is 0 Å². The van der Waals surface area contributed by atoms with E-state index >= 15 is 0 Å². The lowest BCUT2D eigenvalue weighted by atomic mass is 10.3. The van der Waals surface area contributed by atoms with Gasteiger partial charge in [0.2, 0.25) is 7.71 Å². The maximum absolute atomic E-state index is 7.51. The molecule has 16 heavy (non-hydrogen) atoms. The second-order valence-electron chi connectivity index (χ2n) is 4.52.